The van der Waals surface area contributed by atoms with E-state index >= 15 is 0 Å². The van der Waals surface area contributed by atoms with E-state index in [1.165, 1.54) is 12.7 Å². The smallest absolute Gasteiger partial charge is 0.413 e. The molecular weight excluding hydrogens is 292 g/mol. The van der Waals surface area contributed by atoms with Crippen molar-refractivity contribution < 1.29 is 14.3 Å². The van der Waals surface area contributed by atoms with Crippen molar-refractivity contribution in [2.45, 2.75) is 40.2 Å². The van der Waals surface area contributed by atoms with Crippen molar-refractivity contribution in [3.05, 3.63) is 35.4 Å². The molecule has 0 fully saturated rings. The second-order valence-electron chi connectivity index (χ2n) is 6.48. The molecule has 0 aromatic heterocycles. The van der Waals surface area contributed by atoms with Crippen LogP contribution in [0.5, 0.6) is 0 Å². The van der Waals surface area contributed by atoms with Crippen molar-refractivity contribution in [1.29, 1.82) is 0 Å². The van der Waals surface area contributed by atoms with Crippen molar-refractivity contribution in [3.63, 3.8) is 0 Å². The van der Waals surface area contributed by atoms with Crippen LogP contribution in [0.2, 0.25) is 0 Å². The fourth-order valence-corrected chi connectivity index (χ4v) is 2.48. The summed E-state index contributed by atoms with van der Waals surface area (Å²) in [6, 6.07) is 8.54. The van der Waals surface area contributed by atoms with Gasteiger partial charge in [-0.1, -0.05) is 52.0 Å². The minimum Gasteiger partial charge on any atom is -0.453 e. The summed E-state index contributed by atoms with van der Waals surface area (Å²) in [6.07, 6.45) is 0.317. The van der Waals surface area contributed by atoms with E-state index in [2.05, 4.69) is 67.3 Å². The summed E-state index contributed by atoms with van der Waals surface area (Å²) in [7, 11) is 1.23. The molecule has 5 heteroatoms. The first kappa shape index (κ1) is 19.2. The standard InChI is InChI=1S/C18H28N2O3/c1-12(2)10-14-6-8-15(9-7-14)17(13(3)4)19-11-16(21)20-18(22)23-5/h6-9,12-13,17,19H,10-11H2,1-5H3,(H,20,21,22)/t17-/m0/s1. The third-order valence-corrected chi connectivity index (χ3v) is 3.56. The number of hydrogen-bond acceptors (Lipinski definition) is 4. The zero-order valence-electron chi connectivity index (χ0n) is 14.7. The lowest BCUT2D eigenvalue weighted by molar-refractivity contribution is -0.119. The molecule has 1 aromatic rings. The molecule has 0 aliphatic heterocycles. The average molecular weight is 320 g/mol. The van der Waals surface area contributed by atoms with E-state index in [1.807, 2.05) is 0 Å². The lowest BCUT2D eigenvalue weighted by Crippen LogP contribution is -2.39. The monoisotopic (exact) mass is 320 g/mol. The number of benzene rings is 1. The Kier molecular flexibility index (Phi) is 7.75. The Morgan fingerprint density at radius 1 is 1.09 bits per heavy atom. The Hall–Kier alpha value is -1.88. The number of hydrogen-bond donors (Lipinski definition) is 2. The molecule has 1 rings (SSSR count). The number of amides is 2. The average Bonchev–Trinajstić information content (AvgIpc) is 2.48. The predicted molar refractivity (Wildman–Crippen MR) is 91.1 cm³/mol. The van der Waals surface area contributed by atoms with Gasteiger partial charge in [0.15, 0.2) is 0 Å². The molecule has 0 heterocycles. The Morgan fingerprint density at radius 2 is 1.70 bits per heavy atom. The molecule has 128 valence electrons. The predicted octanol–water partition coefficient (Wildman–Crippen LogP) is 3.05. The number of methoxy groups -OCH3 is 1. The van der Waals surface area contributed by atoms with E-state index in [0.29, 0.717) is 11.8 Å². The first-order chi connectivity index (χ1) is 10.8. The quantitative estimate of drug-likeness (QED) is 0.810. The van der Waals surface area contributed by atoms with Gasteiger partial charge >= 0.3 is 6.09 Å². The highest BCUT2D eigenvalue weighted by molar-refractivity contribution is 5.92. The number of carbonyl (C=O) groups is 2. The van der Waals surface area contributed by atoms with Gasteiger partial charge in [-0.05, 0) is 29.4 Å². The molecule has 0 radical (unpaired) electrons. The topological polar surface area (TPSA) is 67.4 Å². The van der Waals surface area contributed by atoms with Crippen molar-refractivity contribution in [2.24, 2.45) is 11.8 Å². The highest BCUT2D eigenvalue weighted by Gasteiger charge is 2.17. The highest BCUT2D eigenvalue weighted by Crippen LogP contribution is 2.22. The molecule has 1 atom stereocenters. The number of alkyl carbamates (subject to hydrolysis) is 1. The van der Waals surface area contributed by atoms with E-state index in [0.717, 1.165) is 12.0 Å². The van der Waals surface area contributed by atoms with Crippen LogP contribution in [0.4, 0.5) is 4.79 Å². The Morgan fingerprint density at radius 3 is 2.17 bits per heavy atom. The summed E-state index contributed by atoms with van der Waals surface area (Å²) in [4.78, 5) is 22.7. The molecule has 0 bridgehead atoms. The van der Waals surface area contributed by atoms with Gasteiger partial charge in [-0.3, -0.25) is 10.1 Å². The van der Waals surface area contributed by atoms with Gasteiger partial charge in [0, 0.05) is 6.04 Å². The van der Waals surface area contributed by atoms with E-state index in [1.54, 1.807) is 0 Å². The fraction of sp³-hybridized carbons (Fsp3) is 0.556. The third-order valence-electron chi connectivity index (χ3n) is 3.56. The number of ether oxygens (including phenoxy) is 1. The van der Waals surface area contributed by atoms with E-state index in [9.17, 15) is 9.59 Å². The third kappa shape index (κ3) is 6.82. The van der Waals surface area contributed by atoms with Crippen LogP contribution >= 0.6 is 0 Å². The molecule has 1 aromatic carbocycles. The molecule has 0 saturated carbocycles. The van der Waals surface area contributed by atoms with Crippen LogP contribution in [0.15, 0.2) is 24.3 Å². The summed E-state index contributed by atoms with van der Waals surface area (Å²) in [5.41, 5.74) is 2.45. The number of nitrogens with one attached hydrogen (secondary N) is 2. The molecule has 0 saturated heterocycles. The number of imide groups is 1. The summed E-state index contributed by atoms with van der Waals surface area (Å²) in [5, 5.41) is 5.35. The number of rotatable bonds is 7. The van der Waals surface area contributed by atoms with E-state index in [4.69, 9.17) is 0 Å². The summed E-state index contributed by atoms with van der Waals surface area (Å²) < 4.78 is 4.41. The molecule has 0 spiro atoms. The van der Waals surface area contributed by atoms with Crippen LogP contribution in [0.3, 0.4) is 0 Å². The SMILES string of the molecule is COC(=O)NC(=O)CN[C@H](c1ccc(CC(C)C)cc1)C(C)C. The Labute approximate surface area is 138 Å². The highest BCUT2D eigenvalue weighted by atomic mass is 16.5. The molecule has 0 aliphatic carbocycles. The minimum absolute atomic E-state index is 0.0477. The molecule has 2 amide bonds. The first-order valence-corrected chi connectivity index (χ1v) is 8.03. The van der Waals surface area contributed by atoms with Gasteiger partial charge in [-0.2, -0.15) is 0 Å². The molecule has 2 N–H and O–H groups in total. The summed E-state index contributed by atoms with van der Waals surface area (Å²) in [6.45, 7) is 8.65. The van der Waals surface area contributed by atoms with Crippen molar-refractivity contribution in [3.8, 4) is 0 Å². The normalized spacial score (nSPS) is 12.3. The van der Waals surface area contributed by atoms with Gasteiger partial charge in [0.2, 0.25) is 5.91 Å². The van der Waals surface area contributed by atoms with Gasteiger partial charge in [-0.25, -0.2) is 4.79 Å². The van der Waals surface area contributed by atoms with Crippen LogP contribution in [0.25, 0.3) is 0 Å². The molecular formula is C18H28N2O3. The van der Waals surface area contributed by atoms with Crippen LogP contribution in [-0.4, -0.2) is 25.7 Å². The van der Waals surface area contributed by atoms with Gasteiger partial charge in [0.1, 0.15) is 0 Å². The second kappa shape index (κ2) is 9.30. The van der Waals surface area contributed by atoms with Crippen LogP contribution in [0.1, 0.15) is 44.9 Å². The van der Waals surface area contributed by atoms with Crippen molar-refractivity contribution in [2.75, 3.05) is 13.7 Å². The Bertz CT molecular complexity index is 510. The maximum atomic E-state index is 11.7. The van der Waals surface area contributed by atoms with E-state index < -0.39 is 12.0 Å². The minimum atomic E-state index is -0.740. The fourth-order valence-electron chi connectivity index (χ4n) is 2.48. The largest absolute Gasteiger partial charge is 0.453 e. The van der Waals surface area contributed by atoms with Crippen molar-refractivity contribution >= 4 is 12.0 Å². The van der Waals surface area contributed by atoms with Gasteiger partial charge in [-0.15, -0.1) is 0 Å². The summed E-state index contributed by atoms with van der Waals surface area (Å²) >= 11 is 0. The van der Waals surface area contributed by atoms with Gasteiger partial charge in [0.25, 0.3) is 0 Å². The maximum Gasteiger partial charge on any atom is 0.413 e. The Balaban J connectivity index is 2.67. The zero-order valence-corrected chi connectivity index (χ0v) is 14.7. The number of carbonyl (C=O) groups excluding carboxylic acids is 2. The second-order valence-corrected chi connectivity index (χ2v) is 6.48. The van der Waals surface area contributed by atoms with Crippen LogP contribution in [0, 0.1) is 11.8 Å². The lowest BCUT2D eigenvalue weighted by Gasteiger charge is -2.23. The summed E-state index contributed by atoms with van der Waals surface area (Å²) in [5.74, 6) is 0.540. The van der Waals surface area contributed by atoms with Gasteiger partial charge in [0.05, 0.1) is 13.7 Å². The van der Waals surface area contributed by atoms with Gasteiger partial charge < -0.3 is 10.1 Å². The molecule has 0 aliphatic rings. The van der Waals surface area contributed by atoms with Crippen LogP contribution in [-0.2, 0) is 16.0 Å². The molecule has 5 nitrogen and oxygen atoms in total. The maximum absolute atomic E-state index is 11.7. The van der Waals surface area contributed by atoms with E-state index in [-0.39, 0.29) is 12.6 Å². The van der Waals surface area contributed by atoms with Crippen molar-refractivity contribution in [1.82, 2.24) is 10.6 Å². The molecule has 23 heavy (non-hydrogen) atoms. The zero-order chi connectivity index (χ0) is 17.4. The molecule has 0 unspecified atom stereocenters. The lowest BCUT2D eigenvalue weighted by atomic mass is 9.94. The first-order valence-electron chi connectivity index (χ1n) is 8.03. The van der Waals surface area contributed by atoms with Crippen LogP contribution < -0.4 is 10.6 Å².